The lowest BCUT2D eigenvalue weighted by Gasteiger charge is -2.54. The highest BCUT2D eigenvalue weighted by Crippen LogP contribution is 2.58. The molecule has 5 rings (SSSR count). The van der Waals surface area contributed by atoms with Gasteiger partial charge in [-0.15, -0.1) is 0 Å². The number of fused-ring (bicyclic) bond motifs is 3. The van der Waals surface area contributed by atoms with Crippen molar-refractivity contribution in [3.63, 3.8) is 0 Å². The molecule has 3 aliphatic rings. The van der Waals surface area contributed by atoms with Gasteiger partial charge in [0.15, 0.2) is 28.7 Å². The lowest BCUT2D eigenvalue weighted by Crippen LogP contribution is -2.68. The van der Waals surface area contributed by atoms with Crippen LogP contribution in [-0.2, 0) is 14.3 Å². The van der Waals surface area contributed by atoms with Gasteiger partial charge in [-0.25, -0.2) is 0 Å². The van der Waals surface area contributed by atoms with Gasteiger partial charge in [0.25, 0.3) is 11.6 Å². The molecule has 47 heavy (non-hydrogen) atoms. The zero-order chi connectivity index (χ0) is 34.9. The first-order valence-corrected chi connectivity index (χ1v) is 14.6. The maximum atomic E-state index is 14.3. The van der Waals surface area contributed by atoms with Gasteiger partial charge in [-0.3, -0.25) is 29.4 Å². The molecular formula is C32H35N3O12. The fourth-order valence-electron chi connectivity index (χ4n) is 7.32. The number of nitro benzene ring substituents is 1. The molecule has 0 heterocycles. The molecule has 7 atom stereocenters. The topological polar surface area (TPSA) is 232 Å². The van der Waals surface area contributed by atoms with E-state index in [-0.39, 0.29) is 28.2 Å². The molecule has 0 saturated carbocycles. The van der Waals surface area contributed by atoms with Gasteiger partial charge >= 0.3 is 0 Å². The van der Waals surface area contributed by atoms with Crippen LogP contribution in [0.1, 0.15) is 47.4 Å². The van der Waals surface area contributed by atoms with Crippen molar-refractivity contribution in [2.24, 2.45) is 17.6 Å². The zero-order valence-corrected chi connectivity index (χ0v) is 26.4. The number of primary amides is 1. The number of nitrogens with two attached hydrogens (primary N) is 1. The number of rotatable bonds is 8. The van der Waals surface area contributed by atoms with Crippen LogP contribution in [0.5, 0.6) is 17.2 Å². The monoisotopic (exact) mass is 653 g/mol. The van der Waals surface area contributed by atoms with Crippen LogP contribution in [0.4, 0.5) is 5.69 Å². The molecule has 0 spiro atoms. The average Bonchev–Trinajstić information content (AvgIpc) is 3.01. The van der Waals surface area contributed by atoms with Crippen molar-refractivity contribution in [1.29, 1.82) is 0 Å². The summed E-state index contributed by atoms with van der Waals surface area (Å²) in [6, 6.07) is 5.30. The van der Waals surface area contributed by atoms with Crippen molar-refractivity contribution >= 4 is 23.2 Å². The third-order valence-corrected chi connectivity index (χ3v) is 9.44. The number of aliphatic hydroxyl groups is 3. The summed E-state index contributed by atoms with van der Waals surface area (Å²) in [6.45, 7) is 3.04. The Hall–Kier alpha value is -4.99. The molecule has 0 saturated heterocycles. The van der Waals surface area contributed by atoms with Crippen LogP contribution >= 0.6 is 0 Å². The van der Waals surface area contributed by atoms with Crippen LogP contribution in [0.15, 0.2) is 53.0 Å². The Morgan fingerprint density at radius 1 is 1.13 bits per heavy atom. The standard InChI is InChI=1S/C32H35N3O12/c1-12-14-8-7-9-17(36)21(14)26(37)22-20(12)27(38)24-25(34(3)4)28(39)23(31(33)41)29(40)32(24,42)30(22)47-13(2)15-10-18(45-5)19(46-6)11-16(15)35(43)44/h7-13,20,24-25,27,36,38,40,42H,1-6H3,(H2,33,41)/t12-,13+,20+,24+,25-,27-,32+/m0/s1. The minimum Gasteiger partial charge on any atom is -0.508 e. The largest absolute Gasteiger partial charge is 0.508 e. The van der Waals surface area contributed by atoms with E-state index in [1.165, 1.54) is 58.3 Å². The van der Waals surface area contributed by atoms with E-state index in [9.17, 15) is 44.9 Å². The normalized spacial score (nSPS) is 27.6. The van der Waals surface area contributed by atoms with Gasteiger partial charge < -0.3 is 40.4 Å². The molecule has 0 aliphatic heterocycles. The number of hydrogen-bond acceptors (Lipinski definition) is 13. The number of nitro groups is 1. The summed E-state index contributed by atoms with van der Waals surface area (Å²) in [5.74, 6) is -8.99. The number of methoxy groups -OCH3 is 2. The number of aromatic hydroxyl groups is 1. The number of aliphatic hydroxyl groups excluding tert-OH is 2. The van der Waals surface area contributed by atoms with E-state index in [0.717, 1.165) is 6.07 Å². The smallest absolute Gasteiger partial charge is 0.280 e. The maximum absolute atomic E-state index is 14.3. The molecule has 2 aromatic carbocycles. The van der Waals surface area contributed by atoms with Gasteiger partial charge in [0.05, 0.1) is 54.4 Å². The van der Waals surface area contributed by atoms with Crippen molar-refractivity contribution in [3.05, 3.63) is 79.8 Å². The lowest BCUT2D eigenvalue weighted by molar-refractivity contribution is -0.386. The molecule has 3 aliphatic carbocycles. The van der Waals surface area contributed by atoms with E-state index >= 15 is 0 Å². The van der Waals surface area contributed by atoms with Crippen LogP contribution in [0, 0.1) is 22.0 Å². The molecular weight excluding hydrogens is 618 g/mol. The number of ketones is 2. The summed E-state index contributed by atoms with van der Waals surface area (Å²) in [5.41, 5.74) is 0.879. The lowest BCUT2D eigenvalue weighted by atomic mass is 9.55. The molecule has 1 amide bonds. The second kappa shape index (κ2) is 11.7. The van der Waals surface area contributed by atoms with E-state index in [2.05, 4.69) is 0 Å². The highest BCUT2D eigenvalue weighted by Gasteiger charge is 2.67. The Kier molecular flexibility index (Phi) is 8.29. The Bertz CT molecular complexity index is 1780. The fraction of sp³-hybridized carbons (Fsp3) is 0.406. The number of phenolic OH excluding ortho intramolecular Hbond substituents is 1. The molecule has 15 nitrogen and oxygen atoms in total. The summed E-state index contributed by atoms with van der Waals surface area (Å²) >= 11 is 0. The first-order valence-electron chi connectivity index (χ1n) is 14.6. The van der Waals surface area contributed by atoms with Crippen LogP contribution in [-0.4, -0.2) is 93.8 Å². The zero-order valence-electron chi connectivity index (χ0n) is 26.4. The van der Waals surface area contributed by atoms with E-state index in [0.29, 0.717) is 5.56 Å². The van der Waals surface area contributed by atoms with Crippen LogP contribution in [0.3, 0.4) is 0 Å². The number of benzene rings is 2. The number of Topliss-reactive ketones (excluding diaryl/α,β-unsaturated/α-hetero) is 2. The second-order valence-electron chi connectivity index (χ2n) is 12.1. The molecule has 6 N–H and O–H groups in total. The number of carbonyl (C=O) groups is 3. The molecule has 0 unspecified atom stereocenters. The molecule has 2 aromatic rings. The Morgan fingerprint density at radius 2 is 1.74 bits per heavy atom. The first-order chi connectivity index (χ1) is 22.0. The quantitative estimate of drug-likeness (QED) is 0.156. The molecule has 15 heteroatoms. The highest BCUT2D eigenvalue weighted by molar-refractivity contribution is 6.22. The van der Waals surface area contributed by atoms with Gasteiger partial charge in [0.1, 0.15) is 28.9 Å². The van der Waals surface area contributed by atoms with E-state index in [1.54, 1.807) is 13.0 Å². The number of amides is 1. The van der Waals surface area contributed by atoms with Gasteiger partial charge in [-0.1, -0.05) is 19.1 Å². The van der Waals surface area contributed by atoms with E-state index < -0.39 is 92.5 Å². The first kappa shape index (κ1) is 33.4. The summed E-state index contributed by atoms with van der Waals surface area (Å²) < 4.78 is 16.8. The molecule has 250 valence electrons. The number of likely N-dealkylation sites (N-methyl/N-ethyl adjacent to an activating group) is 1. The molecule has 0 bridgehead atoms. The van der Waals surface area contributed by atoms with Crippen molar-refractivity contribution in [3.8, 4) is 17.2 Å². The fourth-order valence-corrected chi connectivity index (χ4v) is 7.32. The number of carbonyl (C=O) groups excluding carboxylic acids is 3. The van der Waals surface area contributed by atoms with Crippen LogP contribution in [0.2, 0.25) is 0 Å². The van der Waals surface area contributed by atoms with Crippen molar-refractivity contribution in [2.75, 3.05) is 28.3 Å². The summed E-state index contributed by atoms with van der Waals surface area (Å²) in [7, 11) is 5.51. The van der Waals surface area contributed by atoms with Gasteiger partial charge in [-0.2, -0.15) is 0 Å². The number of ether oxygens (including phenoxy) is 3. The van der Waals surface area contributed by atoms with Crippen LogP contribution in [0.25, 0.3) is 0 Å². The van der Waals surface area contributed by atoms with E-state index in [4.69, 9.17) is 19.9 Å². The maximum Gasteiger partial charge on any atom is 0.280 e. The van der Waals surface area contributed by atoms with Crippen molar-refractivity contribution in [2.45, 2.75) is 43.6 Å². The predicted molar refractivity (Wildman–Crippen MR) is 163 cm³/mol. The summed E-state index contributed by atoms with van der Waals surface area (Å²) in [6.07, 6.45) is -3.09. The number of hydrogen-bond donors (Lipinski definition) is 5. The van der Waals surface area contributed by atoms with E-state index in [1.807, 2.05) is 0 Å². The minimum atomic E-state index is -2.94. The Morgan fingerprint density at radius 3 is 2.30 bits per heavy atom. The minimum absolute atomic E-state index is 0.0337. The second-order valence-corrected chi connectivity index (χ2v) is 12.1. The average molecular weight is 654 g/mol. The molecule has 0 aromatic heterocycles. The Labute approximate surface area is 268 Å². The summed E-state index contributed by atoms with van der Waals surface area (Å²) in [4.78, 5) is 53.4. The van der Waals surface area contributed by atoms with Crippen molar-refractivity contribution < 1.29 is 53.9 Å². The highest BCUT2D eigenvalue weighted by atomic mass is 16.6. The van der Waals surface area contributed by atoms with Gasteiger partial charge in [-0.05, 0) is 44.6 Å². The predicted octanol–water partition coefficient (Wildman–Crippen LogP) is 1.80. The number of nitrogens with zero attached hydrogens (tertiary/aromatic N) is 2. The molecule has 0 fully saturated rings. The SMILES string of the molecule is COc1cc([C@@H](C)OC2=C3C(=O)c4c(O)cccc4[C@H](C)[C@H]3[C@H](O)[C@H]3[C@H](N(C)C)C(=O)C(C(N)=O)=C(O)[C@@]23O)c([N+](=O)[O-])cc1OC. The van der Waals surface area contributed by atoms with Gasteiger partial charge in [0, 0.05) is 11.5 Å². The van der Waals surface area contributed by atoms with Crippen LogP contribution < -0.4 is 15.2 Å². The number of phenols is 1. The third-order valence-electron chi connectivity index (χ3n) is 9.44. The summed E-state index contributed by atoms with van der Waals surface area (Å²) in [5, 5.41) is 59.2. The van der Waals surface area contributed by atoms with Gasteiger partial charge in [0.2, 0.25) is 0 Å². The third kappa shape index (κ3) is 4.72. The Balaban J connectivity index is 1.87. The molecule has 0 radical (unpaired) electrons. The van der Waals surface area contributed by atoms with Crippen molar-refractivity contribution in [1.82, 2.24) is 4.90 Å².